The molecular weight excluding hydrogens is 220 g/mol. The molecule has 0 fully saturated rings. The first-order valence-corrected chi connectivity index (χ1v) is 4.42. The van der Waals surface area contributed by atoms with Gasteiger partial charge in [-0.25, -0.2) is 0 Å². The second kappa shape index (κ2) is 2.86. The normalized spacial score (nSPS) is 14.6. The first-order valence-electron chi connectivity index (χ1n) is 3.71. The van der Waals surface area contributed by atoms with Gasteiger partial charge in [0.05, 0.1) is 5.69 Å². The van der Waals surface area contributed by atoms with Crippen molar-refractivity contribution in [2.45, 2.75) is 6.42 Å². The lowest BCUT2D eigenvalue weighted by molar-refractivity contribution is 1.06. The number of nitroso groups, excluding NO2 is 1. The number of nitrogens with zero attached hydrogens (tertiary/aromatic N) is 2. The fourth-order valence-electron chi connectivity index (χ4n) is 1.40. The molecule has 12 heavy (non-hydrogen) atoms. The van der Waals surface area contributed by atoms with Crippen LogP contribution in [-0.2, 0) is 6.42 Å². The molecule has 1 aliphatic heterocycles. The number of anilines is 1. The van der Waals surface area contributed by atoms with Crippen LogP contribution in [0.4, 0.5) is 11.4 Å². The minimum atomic E-state index is 0.511. The number of rotatable bonds is 1. The zero-order valence-corrected chi connectivity index (χ0v) is 7.91. The molecule has 0 saturated carbocycles. The van der Waals surface area contributed by atoms with Crippen molar-refractivity contribution >= 4 is 27.5 Å². The van der Waals surface area contributed by atoms with Crippen LogP contribution in [0.25, 0.3) is 0 Å². The van der Waals surface area contributed by atoms with Crippen LogP contribution in [-0.4, -0.2) is 6.54 Å². The zero-order chi connectivity index (χ0) is 8.55. The summed E-state index contributed by atoms with van der Waals surface area (Å²) >= 11 is 3.41. The molecule has 1 heterocycles. The largest absolute Gasteiger partial charge is 0.308 e. The van der Waals surface area contributed by atoms with Crippen LogP contribution >= 0.6 is 16.1 Å². The number of halogens is 1. The topological polar surface area (TPSA) is 32.7 Å². The van der Waals surface area contributed by atoms with Gasteiger partial charge in [0.1, 0.15) is 5.69 Å². The van der Waals surface area contributed by atoms with Gasteiger partial charge in [-0.2, -0.15) is 0 Å². The minimum absolute atomic E-state index is 0.511. The molecule has 0 atom stereocenters. The van der Waals surface area contributed by atoms with E-state index in [9.17, 15) is 4.91 Å². The van der Waals surface area contributed by atoms with E-state index in [1.54, 1.807) is 6.07 Å². The summed E-state index contributed by atoms with van der Waals surface area (Å²) in [5.74, 6) is 0. The third kappa shape index (κ3) is 1.12. The molecule has 0 aromatic heterocycles. The fourth-order valence-corrected chi connectivity index (χ4v) is 1.93. The van der Waals surface area contributed by atoms with Gasteiger partial charge in [-0.05, 0) is 35.4 Å². The maximum Gasteiger partial charge on any atom is 0.108 e. The van der Waals surface area contributed by atoms with Crippen molar-refractivity contribution in [2.75, 3.05) is 10.5 Å². The van der Waals surface area contributed by atoms with E-state index in [4.69, 9.17) is 0 Å². The Morgan fingerprint density at radius 2 is 2.33 bits per heavy atom. The first kappa shape index (κ1) is 7.73. The van der Waals surface area contributed by atoms with Gasteiger partial charge in [0.25, 0.3) is 0 Å². The van der Waals surface area contributed by atoms with Crippen molar-refractivity contribution in [3.05, 3.63) is 28.7 Å². The lowest BCUT2D eigenvalue weighted by Crippen LogP contribution is -2.03. The molecule has 0 unspecified atom stereocenters. The average molecular weight is 227 g/mol. The number of hydrogen-bond donors (Lipinski definition) is 0. The number of benzene rings is 1. The molecular formula is C8H7BrN2O. The monoisotopic (exact) mass is 226 g/mol. The first-order chi connectivity index (χ1) is 5.81. The van der Waals surface area contributed by atoms with Crippen LogP contribution in [0.1, 0.15) is 5.56 Å². The van der Waals surface area contributed by atoms with Crippen molar-refractivity contribution in [3.8, 4) is 0 Å². The summed E-state index contributed by atoms with van der Waals surface area (Å²) in [7, 11) is 0. The van der Waals surface area contributed by atoms with E-state index in [1.165, 1.54) is 5.56 Å². The van der Waals surface area contributed by atoms with Crippen molar-refractivity contribution < 1.29 is 0 Å². The summed E-state index contributed by atoms with van der Waals surface area (Å²) in [5, 5.41) is 2.89. The van der Waals surface area contributed by atoms with Gasteiger partial charge in [0, 0.05) is 22.7 Å². The summed E-state index contributed by atoms with van der Waals surface area (Å²) < 4.78 is 2.00. The van der Waals surface area contributed by atoms with Gasteiger partial charge in [0.2, 0.25) is 0 Å². The maximum atomic E-state index is 10.2. The lowest BCUT2D eigenvalue weighted by atomic mass is 10.1. The SMILES string of the molecule is O=Nc1ccc2c(c1)CCN2Br. The molecule has 0 N–H and O–H groups in total. The Morgan fingerprint density at radius 3 is 3.08 bits per heavy atom. The molecule has 4 heteroatoms. The van der Waals surface area contributed by atoms with Gasteiger partial charge in [-0.15, -0.1) is 4.91 Å². The quantitative estimate of drug-likeness (QED) is 0.545. The zero-order valence-electron chi connectivity index (χ0n) is 6.33. The van der Waals surface area contributed by atoms with Crippen LogP contribution in [0.5, 0.6) is 0 Å². The summed E-state index contributed by atoms with van der Waals surface area (Å²) in [6.45, 7) is 0.956. The van der Waals surface area contributed by atoms with Crippen molar-refractivity contribution in [3.63, 3.8) is 0 Å². The second-order valence-electron chi connectivity index (χ2n) is 2.74. The highest BCUT2D eigenvalue weighted by molar-refractivity contribution is 9.10. The Balaban J connectivity index is 2.48. The summed E-state index contributed by atoms with van der Waals surface area (Å²) in [5.41, 5.74) is 2.84. The standard InChI is InChI=1S/C8H7BrN2O/c9-11-4-3-6-5-7(10-12)1-2-8(6)11/h1-2,5H,3-4H2. The van der Waals surface area contributed by atoms with Crippen LogP contribution in [0, 0.1) is 4.91 Å². The van der Waals surface area contributed by atoms with E-state index in [1.807, 2.05) is 16.1 Å². The highest BCUT2D eigenvalue weighted by Gasteiger charge is 2.16. The highest BCUT2D eigenvalue weighted by atomic mass is 79.9. The van der Waals surface area contributed by atoms with Crippen molar-refractivity contribution in [1.82, 2.24) is 0 Å². The fraction of sp³-hybridized carbons (Fsp3) is 0.250. The Morgan fingerprint density at radius 1 is 1.50 bits per heavy atom. The number of fused-ring (bicyclic) bond motifs is 1. The van der Waals surface area contributed by atoms with E-state index >= 15 is 0 Å². The Hall–Kier alpha value is -0.900. The van der Waals surface area contributed by atoms with E-state index < -0.39 is 0 Å². The summed E-state index contributed by atoms with van der Waals surface area (Å²) in [6.07, 6.45) is 0.976. The van der Waals surface area contributed by atoms with E-state index in [0.29, 0.717) is 5.69 Å². The Bertz CT molecular complexity index is 327. The van der Waals surface area contributed by atoms with Crippen LogP contribution in [0.3, 0.4) is 0 Å². The lowest BCUT2D eigenvalue weighted by Gasteiger charge is -2.07. The predicted octanol–water partition coefficient (Wildman–Crippen LogP) is 2.76. The van der Waals surface area contributed by atoms with Crippen LogP contribution in [0.2, 0.25) is 0 Å². The van der Waals surface area contributed by atoms with Crippen molar-refractivity contribution in [1.29, 1.82) is 0 Å². The van der Waals surface area contributed by atoms with Gasteiger partial charge in [-0.1, -0.05) is 0 Å². The molecule has 0 bridgehead atoms. The molecule has 0 spiro atoms. The molecule has 3 nitrogen and oxygen atoms in total. The third-order valence-electron chi connectivity index (χ3n) is 2.01. The summed E-state index contributed by atoms with van der Waals surface area (Å²) in [6, 6.07) is 5.48. The Kier molecular flexibility index (Phi) is 1.84. The molecule has 0 aliphatic carbocycles. The van der Waals surface area contributed by atoms with E-state index in [-0.39, 0.29) is 0 Å². The van der Waals surface area contributed by atoms with Gasteiger partial charge in [-0.3, -0.25) is 0 Å². The van der Waals surface area contributed by atoms with Crippen molar-refractivity contribution in [2.24, 2.45) is 5.18 Å². The van der Waals surface area contributed by atoms with Crippen LogP contribution in [0.15, 0.2) is 23.4 Å². The van der Waals surface area contributed by atoms with Gasteiger partial charge in [0.15, 0.2) is 0 Å². The molecule has 0 amide bonds. The molecule has 62 valence electrons. The van der Waals surface area contributed by atoms with Gasteiger partial charge < -0.3 is 3.93 Å². The molecule has 1 aromatic carbocycles. The van der Waals surface area contributed by atoms with Crippen LogP contribution < -0.4 is 3.93 Å². The van der Waals surface area contributed by atoms with E-state index in [0.717, 1.165) is 18.7 Å². The molecule has 1 aromatic rings. The van der Waals surface area contributed by atoms with Gasteiger partial charge >= 0.3 is 0 Å². The summed E-state index contributed by atoms with van der Waals surface area (Å²) in [4.78, 5) is 10.2. The maximum absolute atomic E-state index is 10.2. The highest BCUT2D eigenvalue weighted by Crippen LogP contribution is 2.32. The predicted molar refractivity (Wildman–Crippen MR) is 51.9 cm³/mol. The molecule has 0 saturated heterocycles. The molecule has 0 radical (unpaired) electrons. The minimum Gasteiger partial charge on any atom is -0.308 e. The number of hydrogen-bond acceptors (Lipinski definition) is 3. The smallest absolute Gasteiger partial charge is 0.108 e. The third-order valence-corrected chi connectivity index (χ3v) is 2.74. The second-order valence-corrected chi connectivity index (χ2v) is 3.60. The average Bonchev–Trinajstić information content (AvgIpc) is 2.47. The molecule has 2 rings (SSSR count). The molecule has 1 aliphatic rings. The Labute approximate surface area is 78.7 Å². The van der Waals surface area contributed by atoms with E-state index in [2.05, 4.69) is 21.3 Å².